The number of anilines is 2. The van der Waals surface area contributed by atoms with Gasteiger partial charge in [-0.25, -0.2) is 0 Å². The number of hydrogen-bond donors (Lipinski definition) is 2. The van der Waals surface area contributed by atoms with Gasteiger partial charge in [-0.05, 0) is 44.1 Å². The van der Waals surface area contributed by atoms with Crippen LogP contribution in [0.3, 0.4) is 0 Å². The van der Waals surface area contributed by atoms with Gasteiger partial charge in [0.15, 0.2) is 0 Å². The van der Waals surface area contributed by atoms with E-state index in [2.05, 4.69) is 11.6 Å². The Kier molecular flexibility index (Phi) is 4.93. The van der Waals surface area contributed by atoms with E-state index in [0.29, 0.717) is 21.8 Å². The molecule has 0 bridgehead atoms. The summed E-state index contributed by atoms with van der Waals surface area (Å²) in [5.74, 6) is 0. The molecule has 1 aromatic carbocycles. The zero-order valence-electron chi connectivity index (χ0n) is 10.4. The highest BCUT2D eigenvalue weighted by Gasteiger charge is 2.21. The molecule has 5 heteroatoms. The molecule has 0 radical (unpaired) electrons. The van der Waals surface area contributed by atoms with E-state index in [4.69, 9.17) is 28.9 Å². The Morgan fingerprint density at radius 1 is 1.17 bits per heavy atom. The van der Waals surface area contributed by atoms with Crippen LogP contribution in [0.25, 0.3) is 0 Å². The van der Waals surface area contributed by atoms with Gasteiger partial charge in [0.2, 0.25) is 0 Å². The van der Waals surface area contributed by atoms with E-state index < -0.39 is 0 Å². The first-order valence-electron chi connectivity index (χ1n) is 6.14. The van der Waals surface area contributed by atoms with Crippen LogP contribution < -0.4 is 11.1 Å². The summed E-state index contributed by atoms with van der Waals surface area (Å²) in [5.41, 5.74) is 7.12. The van der Waals surface area contributed by atoms with Gasteiger partial charge in [0.05, 0.1) is 15.7 Å². The number of rotatable bonds is 3. The average molecular weight is 305 g/mol. The van der Waals surface area contributed by atoms with Crippen molar-refractivity contribution in [3.8, 4) is 0 Å². The summed E-state index contributed by atoms with van der Waals surface area (Å²) in [6.45, 7) is 0. The lowest BCUT2D eigenvalue weighted by molar-refractivity contribution is 0.473. The monoisotopic (exact) mass is 304 g/mol. The summed E-state index contributed by atoms with van der Waals surface area (Å²) in [4.78, 5) is 0. The van der Waals surface area contributed by atoms with Crippen molar-refractivity contribution >= 4 is 46.3 Å². The molecule has 1 aliphatic rings. The number of nitrogen functional groups attached to an aromatic ring is 1. The minimum atomic E-state index is 0.465. The van der Waals surface area contributed by atoms with Crippen LogP contribution in [0.5, 0.6) is 0 Å². The molecule has 2 nitrogen and oxygen atoms in total. The molecule has 0 spiro atoms. The Labute approximate surface area is 123 Å². The van der Waals surface area contributed by atoms with Gasteiger partial charge in [0.1, 0.15) is 0 Å². The fourth-order valence-electron chi connectivity index (χ4n) is 2.38. The molecular weight excluding hydrogens is 287 g/mol. The first kappa shape index (κ1) is 14.2. The number of hydrogen-bond acceptors (Lipinski definition) is 3. The number of halogens is 2. The Balaban J connectivity index is 2.02. The second-order valence-electron chi connectivity index (χ2n) is 4.71. The summed E-state index contributed by atoms with van der Waals surface area (Å²) < 4.78 is 0. The topological polar surface area (TPSA) is 38.0 Å². The van der Waals surface area contributed by atoms with E-state index in [1.165, 1.54) is 25.7 Å². The lowest BCUT2D eigenvalue weighted by Gasteiger charge is -2.29. The highest BCUT2D eigenvalue weighted by Crippen LogP contribution is 2.36. The number of nitrogens with two attached hydrogens (primary N) is 1. The molecule has 100 valence electrons. The highest BCUT2D eigenvalue weighted by atomic mass is 35.5. The number of benzene rings is 1. The van der Waals surface area contributed by atoms with Gasteiger partial charge < -0.3 is 11.1 Å². The van der Waals surface area contributed by atoms with Gasteiger partial charge in [-0.15, -0.1) is 0 Å². The van der Waals surface area contributed by atoms with E-state index in [1.807, 2.05) is 11.8 Å². The van der Waals surface area contributed by atoms with Crippen molar-refractivity contribution < 1.29 is 0 Å². The minimum Gasteiger partial charge on any atom is -0.399 e. The zero-order chi connectivity index (χ0) is 13.1. The quantitative estimate of drug-likeness (QED) is 0.798. The number of thioether (sulfide) groups is 1. The van der Waals surface area contributed by atoms with Crippen LogP contribution >= 0.6 is 35.0 Å². The predicted octanol–water partition coefficient (Wildman–Crippen LogP) is 4.66. The smallest absolute Gasteiger partial charge is 0.0722 e. The third kappa shape index (κ3) is 3.40. The molecule has 1 saturated carbocycles. The van der Waals surface area contributed by atoms with E-state index >= 15 is 0 Å². The van der Waals surface area contributed by atoms with Gasteiger partial charge >= 0.3 is 0 Å². The van der Waals surface area contributed by atoms with Crippen LogP contribution in [0, 0.1) is 0 Å². The van der Waals surface area contributed by atoms with Crippen LogP contribution in [0.15, 0.2) is 12.1 Å². The summed E-state index contributed by atoms with van der Waals surface area (Å²) in [6.07, 6.45) is 7.03. The molecule has 0 aromatic heterocycles. The van der Waals surface area contributed by atoms with Crippen molar-refractivity contribution in [2.24, 2.45) is 0 Å². The molecule has 0 unspecified atom stereocenters. The van der Waals surface area contributed by atoms with Crippen molar-refractivity contribution in [3.63, 3.8) is 0 Å². The average Bonchev–Trinajstić information content (AvgIpc) is 2.34. The van der Waals surface area contributed by atoms with Crippen LogP contribution in [-0.2, 0) is 0 Å². The van der Waals surface area contributed by atoms with E-state index in [0.717, 1.165) is 10.9 Å². The normalized spacial score (nSPS) is 23.9. The second kappa shape index (κ2) is 6.27. The molecule has 0 amide bonds. The maximum absolute atomic E-state index is 6.18. The van der Waals surface area contributed by atoms with Crippen molar-refractivity contribution in [2.75, 3.05) is 17.3 Å². The van der Waals surface area contributed by atoms with Gasteiger partial charge in [0.25, 0.3) is 0 Å². The molecule has 0 aliphatic heterocycles. The molecule has 0 saturated heterocycles. The summed E-state index contributed by atoms with van der Waals surface area (Å²) >= 11 is 14.3. The lowest BCUT2D eigenvalue weighted by Crippen LogP contribution is -2.27. The molecular formula is C13H18Cl2N2S. The predicted molar refractivity (Wildman–Crippen MR) is 84.1 cm³/mol. The van der Waals surface area contributed by atoms with E-state index in [1.54, 1.807) is 12.1 Å². The summed E-state index contributed by atoms with van der Waals surface area (Å²) in [6, 6.07) is 3.94. The Hall–Kier alpha value is -0.250. The first-order chi connectivity index (χ1) is 8.60. The second-order valence-corrected chi connectivity index (χ2v) is 6.67. The third-order valence-corrected chi connectivity index (χ3v) is 5.15. The standard InChI is InChI=1S/C13H18Cl2N2S/c1-18-10-4-2-9(3-5-10)17-13-11(14)6-8(16)7-12(13)15/h6-7,9-10,17H,2-5,16H2,1H3. The van der Waals surface area contributed by atoms with Crippen LogP contribution in [-0.4, -0.2) is 17.5 Å². The Morgan fingerprint density at radius 2 is 1.72 bits per heavy atom. The Morgan fingerprint density at radius 3 is 2.22 bits per heavy atom. The van der Waals surface area contributed by atoms with Crippen molar-refractivity contribution in [1.82, 2.24) is 0 Å². The van der Waals surface area contributed by atoms with Crippen LogP contribution in [0.2, 0.25) is 10.0 Å². The molecule has 18 heavy (non-hydrogen) atoms. The third-order valence-electron chi connectivity index (χ3n) is 3.42. The molecule has 2 rings (SSSR count). The molecule has 0 atom stereocenters. The summed E-state index contributed by atoms with van der Waals surface area (Å²) in [7, 11) is 0. The zero-order valence-corrected chi connectivity index (χ0v) is 12.7. The maximum atomic E-state index is 6.18. The van der Waals surface area contributed by atoms with Gasteiger partial charge in [-0.3, -0.25) is 0 Å². The molecule has 3 N–H and O–H groups in total. The molecule has 0 heterocycles. The highest BCUT2D eigenvalue weighted by molar-refractivity contribution is 7.99. The van der Waals surface area contributed by atoms with Gasteiger partial charge in [-0.2, -0.15) is 11.8 Å². The number of nitrogens with one attached hydrogen (secondary N) is 1. The summed E-state index contributed by atoms with van der Waals surface area (Å²) in [5, 5.41) is 5.47. The Bertz CT molecular complexity index is 394. The lowest BCUT2D eigenvalue weighted by atomic mass is 9.95. The van der Waals surface area contributed by atoms with Crippen LogP contribution in [0.4, 0.5) is 11.4 Å². The van der Waals surface area contributed by atoms with Crippen molar-refractivity contribution in [1.29, 1.82) is 0 Å². The fraction of sp³-hybridized carbons (Fsp3) is 0.538. The SMILES string of the molecule is CSC1CCC(Nc2c(Cl)cc(N)cc2Cl)CC1. The maximum Gasteiger partial charge on any atom is 0.0722 e. The molecule has 1 aromatic rings. The molecule has 1 aliphatic carbocycles. The first-order valence-corrected chi connectivity index (χ1v) is 8.18. The largest absolute Gasteiger partial charge is 0.399 e. The van der Waals surface area contributed by atoms with Gasteiger partial charge in [0, 0.05) is 17.0 Å². The van der Waals surface area contributed by atoms with Crippen LogP contribution in [0.1, 0.15) is 25.7 Å². The van der Waals surface area contributed by atoms with E-state index in [9.17, 15) is 0 Å². The van der Waals surface area contributed by atoms with Gasteiger partial charge in [-0.1, -0.05) is 23.2 Å². The van der Waals surface area contributed by atoms with Crippen molar-refractivity contribution in [3.05, 3.63) is 22.2 Å². The minimum absolute atomic E-state index is 0.465. The molecule has 1 fully saturated rings. The fourth-order valence-corrected chi connectivity index (χ4v) is 3.73. The van der Waals surface area contributed by atoms with Crippen molar-refractivity contribution in [2.45, 2.75) is 37.0 Å². The van der Waals surface area contributed by atoms with E-state index in [-0.39, 0.29) is 0 Å².